The second kappa shape index (κ2) is 16.6. The van der Waals surface area contributed by atoms with Crippen LogP contribution < -0.4 is 4.40 Å². The zero-order valence-corrected chi connectivity index (χ0v) is 37.7. The summed E-state index contributed by atoms with van der Waals surface area (Å²) in [6.45, 7) is 12.4. The third-order valence-corrected chi connectivity index (χ3v) is 14.6. The number of furan rings is 1. The molecule has 0 aliphatic heterocycles. The van der Waals surface area contributed by atoms with E-state index in [1.807, 2.05) is 50.2 Å². The average Bonchev–Trinajstić information content (AvgIpc) is 3.52. The number of hydrogen-bond donors (Lipinski definition) is 0. The number of hydrogen-bond acceptors (Lipinski definition) is 3. The van der Waals surface area contributed by atoms with Gasteiger partial charge in [-0.15, -0.1) is 18.2 Å². The minimum absolute atomic E-state index is 0. The van der Waals surface area contributed by atoms with Crippen molar-refractivity contribution in [2.24, 2.45) is 0 Å². The molecule has 3 nitrogen and oxygen atoms in total. The molecule has 279 valence electrons. The van der Waals surface area contributed by atoms with E-state index in [1.54, 1.807) is 6.20 Å². The first-order chi connectivity index (χ1) is 26.2. The summed E-state index contributed by atoms with van der Waals surface area (Å²) >= 11 is -1.85. The molecule has 0 atom stereocenters. The molecule has 0 aliphatic carbocycles. The summed E-state index contributed by atoms with van der Waals surface area (Å²) in [4.78, 5) is 9.29. The van der Waals surface area contributed by atoms with Crippen LogP contribution in [0.4, 0.5) is 0 Å². The van der Waals surface area contributed by atoms with Gasteiger partial charge in [0.1, 0.15) is 5.58 Å². The fourth-order valence-corrected chi connectivity index (χ4v) is 11.1. The molecule has 0 N–H and O–H groups in total. The first-order valence-corrected chi connectivity index (χ1v) is 26.0. The number of aromatic nitrogens is 2. The van der Waals surface area contributed by atoms with Crippen LogP contribution in [0.2, 0.25) is 17.3 Å². The summed E-state index contributed by atoms with van der Waals surface area (Å²) in [5.41, 5.74) is 16.3. The van der Waals surface area contributed by atoms with Gasteiger partial charge in [0.15, 0.2) is 0 Å². The van der Waals surface area contributed by atoms with Crippen LogP contribution in [0.15, 0.2) is 126 Å². The van der Waals surface area contributed by atoms with Crippen molar-refractivity contribution in [2.75, 3.05) is 0 Å². The maximum absolute atomic E-state index is 8.37. The Bertz CT molecular complexity index is 2650. The van der Waals surface area contributed by atoms with E-state index in [-0.39, 0.29) is 20.1 Å². The molecule has 0 amide bonds. The smallest absolute Gasteiger partial charge is 0.121 e. The van der Waals surface area contributed by atoms with Gasteiger partial charge in [0.2, 0.25) is 0 Å². The SMILES string of the molecule is Cc1cc(-c2[c-]ccc(-c3ccccc3)c2)nc[c]1[Ge]([CH3])([CH3])[CH3].[2H]C(C)(C)c1ccnc(-c2[c-]ccc3c2oc2cc(-c4c(C)cc(C)cc4C)ccc23)c1.[Ir]. The molecule has 0 saturated heterocycles. The van der Waals surface area contributed by atoms with E-state index in [9.17, 15) is 0 Å². The summed E-state index contributed by atoms with van der Waals surface area (Å²) in [6.07, 6.45) is 3.85. The maximum atomic E-state index is 8.37. The number of rotatable bonds is 6. The van der Waals surface area contributed by atoms with Crippen LogP contribution in [0.25, 0.3) is 66.7 Å². The van der Waals surface area contributed by atoms with Gasteiger partial charge in [-0.25, -0.2) is 0 Å². The fraction of sp³-hybridized carbons (Fsp3) is 0.200. The van der Waals surface area contributed by atoms with E-state index in [4.69, 9.17) is 10.8 Å². The molecular weight excluding hydrogens is 909 g/mol. The molecule has 8 rings (SSSR count). The molecular formula is C50H48GeIrN2O-2. The van der Waals surface area contributed by atoms with Gasteiger partial charge in [-0.2, -0.15) is 0 Å². The number of benzene rings is 5. The first kappa shape index (κ1) is 38.7. The van der Waals surface area contributed by atoms with Crippen LogP contribution in [0.1, 0.15) is 48.9 Å². The molecule has 5 heteroatoms. The topological polar surface area (TPSA) is 38.9 Å². The Hall–Kier alpha value is -4.61. The molecule has 1 radical (unpaired) electrons. The molecule has 3 heterocycles. The summed E-state index contributed by atoms with van der Waals surface area (Å²) in [7, 11) is 0. The largest absolute Gasteiger partial charge is 0.501 e. The van der Waals surface area contributed by atoms with E-state index < -0.39 is 19.2 Å². The minimum atomic E-state index is -1.85. The van der Waals surface area contributed by atoms with Gasteiger partial charge in [0.05, 0.1) is 5.58 Å². The second-order valence-electron chi connectivity index (χ2n) is 15.6. The Morgan fingerprint density at radius 1 is 0.673 bits per heavy atom. The zero-order valence-electron chi connectivity index (χ0n) is 34.2. The molecule has 8 aromatic rings. The Balaban J connectivity index is 0.000000197. The van der Waals surface area contributed by atoms with Crippen LogP contribution in [0, 0.1) is 39.8 Å². The molecule has 5 aromatic carbocycles. The number of nitrogens with zero attached hydrogens (tertiary/aromatic N) is 2. The summed E-state index contributed by atoms with van der Waals surface area (Å²) < 4.78 is 16.3. The quantitative estimate of drug-likeness (QED) is 0.123. The van der Waals surface area contributed by atoms with Crippen molar-refractivity contribution in [1.29, 1.82) is 0 Å². The van der Waals surface area contributed by atoms with Gasteiger partial charge in [0.25, 0.3) is 0 Å². The molecule has 0 unspecified atom stereocenters. The summed E-state index contributed by atoms with van der Waals surface area (Å²) in [5.74, 6) is 6.53. The zero-order chi connectivity index (χ0) is 39.1. The van der Waals surface area contributed by atoms with E-state index in [2.05, 4.69) is 141 Å². The first-order valence-electron chi connectivity index (χ1n) is 19.1. The van der Waals surface area contributed by atoms with Crippen molar-refractivity contribution in [3.05, 3.63) is 162 Å². The van der Waals surface area contributed by atoms with Gasteiger partial charge < -0.3 is 9.40 Å². The van der Waals surface area contributed by atoms with E-state index in [0.29, 0.717) is 0 Å². The summed E-state index contributed by atoms with van der Waals surface area (Å²) in [6, 6.07) is 44.3. The van der Waals surface area contributed by atoms with Crippen LogP contribution in [-0.4, -0.2) is 23.2 Å². The number of fused-ring (bicyclic) bond motifs is 3. The van der Waals surface area contributed by atoms with Gasteiger partial charge in [-0.3, -0.25) is 0 Å². The Labute approximate surface area is 344 Å². The second-order valence-corrected chi connectivity index (χ2v) is 26.2. The molecule has 0 spiro atoms. The summed E-state index contributed by atoms with van der Waals surface area (Å²) in [5, 5.41) is 2.13. The molecule has 0 bridgehead atoms. The van der Waals surface area contributed by atoms with Crippen molar-refractivity contribution >= 4 is 39.6 Å². The van der Waals surface area contributed by atoms with Gasteiger partial charge in [-0.1, -0.05) is 66.3 Å². The van der Waals surface area contributed by atoms with Gasteiger partial charge >= 0.3 is 142 Å². The Kier molecular flexibility index (Phi) is 11.7. The van der Waals surface area contributed by atoms with E-state index in [1.165, 1.54) is 43.3 Å². The minimum Gasteiger partial charge on any atom is -0.501 e. The number of aryl methyl sites for hydroxylation is 4. The predicted molar refractivity (Wildman–Crippen MR) is 231 cm³/mol. The van der Waals surface area contributed by atoms with Crippen LogP contribution in [0.3, 0.4) is 0 Å². The predicted octanol–water partition coefficient (Wildman–Crippen LogP) is 13.2. The Morgan fingerprint density at radius 3 is 2.09 bits per heavy atom. The standard InChI is InChI=1S/C29H26NO.C21H22GeN.Ir/c1-17(2)21-11-12-30-26(15-21)25-8-6-7-24-23-10-9-22(16-27(23)31-29(24)25)28-19(4)13-18(3)14-20(28)5;1-16-13-21(23-15-20(16)22(2,3)4)19-12-8-11-18(14-19)17-9-6-5-7-10-17;/h6-7,9-17H,1-5H3;5-11,13-15H,1-4H3;/q2*-1;/i17D;;. The fourth-order valence-electron chi connectivity index (χ4n) is 7.51. The van der Waals surface area contributed by atoms with Crippen molar-refractivity contribution in [1.82, 2.24) is 9.97 Å². The monoisotopic (exact) mass is 960 g/mol. The maximum Gasteiger partial charge on any atom is 0.121 e. The van der Waals surface area contributed by atoms with E-state index in [0.717, 1.165) is 55.6 Å². The Morgan fingerprint density at radius 2 is 1.40 bits per heavy atom. The molecule has 55 heavy (non-hydrogen) atoms. The molecule has 0 aliphatic rings. The normalized spacial score (nSPS) is 11.8. The van der Waals surface area contributed by atoms with Crippen LogP contribution >= 0.6 is 0 Å². The van der Waals surface area contributed by atoms with Crippen molar-refractivity contribution in [3.63, 3.8) is 0 Å². The van der Waals surface area contributed by atoms with Crippen LogP contribution in [0.5, 0.6) is 0 Å². The van der Waals surface area contributed by atoms with Gasteiger partial charge in [-0.05, 0) is 66.7 Å². The third-order valence-electron chi connectivity index (χ3n) is 10.1. The van der Waals surface area contributed by atoms with Crippen molar-refractivity contribution in [3.8, 4) is 44.8 Å². The average molecular weight is 959 g/mol. The van der Waals surface area contributed by atoms with Crippen molar-refractivity contribution < 1.29 is 25.9 Å². The number of pyridine rings is 2. The van der Waals surface area contributed by atoms with E-state index >= 15 is 0 Å². The molecule has 3 aromatic heterocycles. The van der Waals surface area contributed by atoms with Crippen molar-refractivity contribution in [2.45, 2.75) is 64.7 Å². The molecule has 0 saturated carbocycles. The molecule has 0 fully saturated rings. The van der Waals surface area contributed by atoms with Crippen LogP contribution in [-0.2, 0) is 20.1 Å². The third kappa shape index (κ3) is 8.63. The van der Waals surface area contributed by atoms with Gasteiger partial charge in [0, 0.05) is 33.1 Å².